The smallest absolute Gasteiger partial charge is 0.307 e. The van der Waals surface area contributed by atoms with Gasteiger partial charge in [-0.25, -0.2) is 0 Å². The highest BCUT2D eigenvalue weighted by molar-refractivity contribution is 7.80. The van der Waals surface area contributed by atoms with Gasteiger partial charge in [-0.1, -0.05) is 0 Å². The van der Waals surface area contributed by atoms with Gasteiger partial charge >= 0.3 is 10.4 Å². The summed E-state index contributed by atoms with van der Waals surface area (Å²) in [5, 5.41) is 0. The molecule has 0 amide bonds. The van der Waals surface area contributed by atoms with Crippen molar-refractivity contribution in [3.63, 3.8) is 0 Å². The van der Waals surface area contributed by atoms with Gasteiger partial charge in [0.05, 0.1) is 7.11 Å². The SMILES string of the molecule is C=O.COS(=O)(=O)O. The molecule has 0 saturated heterocycles. The molecule has 0 aliphatic rings. The Balaban J connectivity index is 0. The van der Waals surface area contributed by atoms with Crippen molar-refractivity contribution in [1.82, 2.24) is 0 Å². The fraction of sp³-hybridized carbons (Fsp3) is 0.500. The quantitative estimate of drug-likeness (QED) is 0.487. The lowest BCUT2D eigenvalue weighted by Crippen LogP contribution is -1.96. The van der Waals surface area contributed by atoms with Gasteiger partial charge in [0.2, 0.25) is 0 Å². The van der Waals surface area contributed by atoms with Gasteiger partial charge in [-0.2, -0.15) is 8.42 Å². The molecule has 1 N–H and O–H groups in total. The minimum Gasteiger partial charge on any atom is -0.307 e. The van der Waals surface area contributed by atoms with Crippen molar-refractivity contribution in [1.29, 1.82) is 0 Å². The minimum atomic E-state index is -4.16. The molecule has 0 aromatic rings. The molecule has 0 bridgehead atoms. The zero-order valence-corrected chi connectivity index (χ0v) is 5.01. The monoisotopic (exact) mass is 142 g/mol. The Morgan fingerprint density at radius 3 is 1.62 bits per heavy atom. The molecule has 0 saturated carbocycles. The van der Waals surface area contributed by atoms with E-state index in [2.05, 4.69) is 4.18 Å². The minimum absolute atomic E-state index is 0.870. The molecule has 0 unspecified atom stereocenters. The fourth-order valence-corrected chi connectivity index (χ4v) is 0. The lowest BCUT2D eigenvalue weighted by atomic mass is 11.8. The summed E-state index contributed by atoms with van der Waals surface area (Å²) in [7, 11) is -3.29. The summed E-state index contributed by atoms with van der Waals surface area (Å²) in [5.74, 6) is 0. The van der Waals surface area contributed by atoms with Crippen LogP contribution in [0.1, 0.15) is 0 Å². The summed E-state index contributed by atoms with van der Waals surface area (Å²) in [6.07, 6.45) is 0. The van der Waals surface area contributed by atoms with Crippen molar-refractivity contribution in [2.75, 3.05) is 7.11 Å². The van der Waals surface area contributed by atoms with E-state index in [0.29, 0.717) is 0 Å². The van der Waals surface area contributed by atoms with Gasteiger partial charge in [-0.3, -0.25) is 8.74 Å². The van der Waals surface area contributed by atoms with Crippen LogP contribution >= 0.6 is 0 Å². The zero-order valence-electron chi connectivity index (χ0n) is 4.20. The van der Waals surface area contributed by atoms with E-state index in [4.69, 9.17) is 9.35 Å². The standard InChI is InChI=1S/CH4O4S.CH2O/c1-5-6(2,3)4;1-2/h1H3,(H,2,3,4);1H2. The van der Waals surface area contributed by atoms with Crippen LogP contribution in [0, 0.1) is 0 Å². The molecule has 0 aliphatic heterocycles. The first-order valence-corrected chi connectivity index (χ1v) is 2.74. The van der Waals surface area contributed by atoms with E-state index in [9.17, 15) is 8.42 Å². The van der Waals surface area contributed by atoms with Crippen molar-refractivity contribution in [3.05, 3.63) is 0 Å². The summed E-state index contributed by atoms with van der Waals surface area (Å²) in [5.41, 5.74) is 0. The van der Waals surface area contributed by atoms with Crippen LogP contribution in [0.5, 0.6) is 0 Å². The van der Waals surface area contributed by atoms with Crippen molar-refractivity contribution in [2.24, 2.45) is 0 Å². The summed E-state index contributed by atoms with van der Waals surface area (Å²) in [6.45, 7) is 2.00. The summed E-state index contributed by atoms with van der Waals surface area (Å²) in [6, 6.07) is 0. The number of carbonyl (C=O) groups excluding carboxylic acids is 1. The topological polar surface area (TPSA) is 80.7 Å². The summed E-state index contributed by atoms with van der Waals surface area (Å²) < 4.78 is 29.7. The Morgan fingerprint density at radius 1 is 1.50 bits per heavy atom. The Morgan fingerprint density at radius 2 is 1.62 bits per heavy atom. The second-order valence-electron chi connectivity index (χ2n) is 0.594. The van der Waals surface area contributed by atoms with Crippen LogP contribution in [0.4, 0.5) is 0 Å². The van der Waals surface area contributed by atoms with E-state index < -0.39 is 10.4 Å². The lowest BCUT2D eigenvalue weighted by molar-refractivity contribution is -0.0979. The van der Waals surface area contributed by atoms with Crippen molar-refractivity contribution in [3.8, 4) is 0 Å². The maximum atomic E-state index is 9.33. The Bertz CT molecular complexity index is 123. The highest BCUT2D eigenvalue weighted by Crippen LogP contribution is 1.74. The van der Waals surface area contributed by atoms with E-state index >= 15 is 0 Å². The first-order valence-electron chi connectivity index (χ1n) is 1.38. The van der Waals surface area contributed by atoms with Gasteiger partial charge in [0.1, 0.15) is 6.79 Å². The van der Waals surface area contributed by atoms with Crippen LogP contribution in [0.25, 0.3) is 0 Å². The summed E-state index contributed by atoms with van der Waals surface area (Å²) in [4.78, 5) is 8.00. The number of rotatable bonds is 1. The Labute approximate surface area is 47.2 Å². The van der Waals surface area contributed by atoms with E-state index in [1.54, 1.807) is 0 Å². The molecule has 0 rings (SSSR count). The fourth-order valence-electron chi connectivity index (χ4n) is 0. The van der Waals surface area contributed by atoms with E-state index in [0.717, 1.165) is 7.11 Å². The van der Waals surface area contributed by atoms with Crippen LogP contribution in [0.2, 0.25) is 0 Å². The van der Waals surface area contributed by atoms with Crippen LogP contribution < -0.4 is 0 Å². The third kappa shape index (κ3) is 17.7. The van der Waals surface area contributed by atoms with Crippen LogP contribution in [0.3, 0.4) is 0 Å². The molecular formula is C2H6O5S. The van der Waals surface area contributed by atoms with Crippen LogP contribution in [0.15, 0.2) is 0 Å². The molecule has 0 atom stereocenters. The molecule has 50 valence electrons. The lowest BCUT2D eigenvalue weighted by Gasteiger charge is -1.82. The molecule has 0 aromatic carbocycles. The van der Waals surface area contributed by atoms with E-state index in [1.807, 2.05) is 6.79 Å². The molecule has 0 aromatic heterocycles. The predicted octanol–water partition coefficient (Wildman–Crippen LogP) is -0.749. The number of hydrogen-bond donors (Lipinski definition) is 1. The highest BCUT2D eigenvalue weighted by Gasteiger charge is 1.93. The molecule has 8 heavy (non-hydrogen) atoms. The predicted molar refractivity (Wildman–Crippen MR) is 25.7 cm³/mol. The maximum absolute atomic E-state index is 9.33. The van der Waals surface area contributed by atoms with Gasteiger partial charge in [0.15, 0.2) is 0 Å². The maximum Gasteiger partial charge on any atom is 0.397 e. The van der Waals surface area contributed by atoms with Crippen molar-refractivity contribution >= 4 is 17.2 Å². The third-order valence-corrected chi connectivity index (χ3v) is 0.632. The third-order valence-electron chi connectivity index (χ3n) is 0.211. The molecule has 5 nitrogen and oxygen atoms in total. The zero-order chi connectivity index (χ0) is 7.21. The molecular weight excluding hydrogens is 136 g/mol. The van der Waals surface area contributed by atoms with Gasteiger partial charge in [-0.05, 0) is 0 Å². The summed E-state index contributed by atoms with van der Waals surface area (Å²) >= 11 is 0. The first-order chi connectivity index (χ1) is 3.56. The molecule has 6 heteroatoms. The second-order valence-corrected chi connectivity index (χ2v) is 1.78. The highest BCUT2D eigenvalue weighted by atomic mass is 32.3. The largest absolute Gasteiger partial charge is 0.397 e. The average Bonchev–Trinajstić information content (AvgIpc) is 1.71. The number of hydrogen-bond acceptors (Lipinski definition) is 4. The second kappa shape index (κ2) is 4.69. The van der Waals surface area contributed by atoms with Gasteiger partial charge in [-0.15, -0.1) is 0 Å². The van der Waals surface area contributed by atoms with E-state index in [1.165, 1.54) is 0 Å². The van der Waals surface area contributed by atoms with Crippen LogP contribution in [-0.2, 0) is 19.4 Å². The van der Waals surface area contributed by atoms with Crippen molar-refractivity contribution in [2.45, 2.75) is 0 Å². The first kappa shape index (κ1) is 10.5. The van der Waals surface area contributed by atoms with Gasteiger partial charge < -0.3 is 4.79 Å². The molecule has 0 spiro atoms. The van der Waals surface area contributed by atoms with E-state index in [-0.39, 0.29) is 0 Å². The Kier molecular flexibility index (Phi) is 6.16. The molecule has 0 radical (unpaired) electrons. The van der Waals surface area contributed by atoms with Crippen molar-refractivity contribution < 1.29 is 21.9 Å². The normalized spacial score (nSPS) is 9.25. The van der Waals surface area contributed by atoms with Gasteiger partial charge in [0.25, 0.3) is 0 Å². The molecule has 0 fully saturated rings. The molecule has 0 aliphatic carbocycles. The number of carbonyl (C=O) groups is 1. The molecule has 0 heterocycles. The van der Waals surface area contributed by atoms with Gasteiger partial charge in [0, 0.05) is 0 Å². The average molecular weight is 142 g/mol. The van der Waals surface area contributed by atoms with Crippen LogP contribution in [-0.4, -0.2) is 26.9 Å². The Hall–Kier alpha value is -0.460.